The van der Waals surface area contributed by atoms with Gasteiger partial charge in [-0.2, -0.15) is 0 Å². The van der Waals surface area contributed by atoms with Crippen LogP contribution in [-0.4, -0.2) is 24.3 Å². The molecular weight excluding hydrogens is 278 g/mol. The van der Waals surface area contributed by atoms with Crippen molar-refractivity contribution >= 4 is 10.0 Å². The zero-order valence-corrected chi connectivity index (χ0v) is 12.1. The second kappa shape index (κ2) is 6.62. The van der Waals surface area contributed by atoms with Crippen LogP contribution in [0.1, 0.15) is 25.5 Å². The largest absolute Gasteiger partial charge is 0.359 e. The van der Waals surface area contributed by atoms with E-state index in [1.165, 1.54) is 0 Å². The van der Waals surface area contributed by atoms with Crippen LogP contribution in [0.25, 0.3) is 11.3 Å². The fourth-order valence-electron chi connectivity index (χ4n) is 1.63. The van der Waals surface area contributed by atoms with E-state index in [0.717, 1.165) is 12.0 Å². The molecule has 2 rings (SSSR count). The highest BCUT2D eigenvalue weighted by Gasteiger charge is 2.12. The van der Waals surface area contributed by atoms with Gasteiger partial charge in [-0.15, -0.1) is 0 Å². The lowest BCUT2D eigenvalue weighted by Gasteiger charge is -2.03. The first-order valence-electron chi connectivity index (χ1n) is 6.44. The summed E-state index contributed by atoms with van der Waals surface area (Å²) in [6.07, 6.45) is 4.83. The van der Waals surface area contributed by atoms with Crippen molar-refractivity contribution in [1.82, 2.24) is 14.9 Å². The summed E-state index contributed by atoms with van der Waals surface area (Å²) in [7, 11) is -3.25. The number of sulfonamides is 1. The predicted octanol–water partition coefficient (Wildman–Crippen LogP) is 1.96. The van der Waals surface area contributed by atoms with Gasteiger partial charge in [0.15, 0.2) is 5.76 Å². The molecule has 6 nitrogen and oxygen atoms in total. The summed E-state index contributed by atoms with van der Waals surface area (Å²) in [6.45, 7) is 2.06. The Morgan fingerprint density at radius 3 is 2.95 bits per heavy atom. The first-order chi connectivity index (χ1) is 9.61. The van der Waals surface area contributed by atoms with Crippen LogP contribution >= 0.6 is 0 Å². The molecule has 0 radical (unpaired) electrons. The Balaban J connectivity index is 1.97. The summed E-state index contributed by atoms with van der Waals surface area (Å²) in [6, 6.07) is 5.37. The molecule has 108 valence electrons. The van der Waals surface area contributed by atoms with Gasteiger partial charge in [-0.25, -0.2) is 13.1 Å². The molecule has 0 spiro atoms. The Labute approximate surface area is 118 Å². The maximum Gasteiger partial charge on any atom is 0.212 e. The minimum atomic E-state index is -3.25. The molecule has 2 aromatic heterocycles. The molecule has 0 atom stereocenters. The van der Waals surface area contributed by atoms with Crippen LogP contribution in [0, 0.1) is 0 Å². The quantitative estimate of drug-likeness (QED) is 0.844. The number of aromatic nitrogens is 2. The first-order valence-corrected chi connectivity index (χ1v) is 8.09. The Morgan fingerprint density at radius 1 is 1.40 bits per heavy atom. The molecule has 0 saturated carbocycles. The van der Waals surface area contributed by atoms with E-state index in [1.54, 1.807) is 24.5 Å². The van der Waals surface area contributed by atoms with Crippen LogP contribution in [0.3, 0.4) is 0 Å². The molecule has 2 heterocycles. The van der Waals surface area contributed by atoms with Crippen molar-refractivity contribution in [2.24, 2.45) is 0 Å². The molecule has 0 aliphatic heterocycles. The average molecular weight is 295 g/mol. The highest BCUT2D eigenvalue weighted by atomic mass is 32.2. The van der Waals surface area contributed by atoms with Crippen LogP contribution in [-0.2, 0) is 16.6 Å². The summed E-state index contributed by atoms with van der Waals surface area (Å²) < 4.78 is 30.9. The van der Waals surface area contributed by atoms with E-state index in [-0.39, 0.29) is 12.3 Å². The van der Waals surface area contributed by atoms with Gasteiger partial charge in [0.25, 0.3) is 0 Å². The molecule has 0 bridgehead atoms. The van der Waals surface area contributed by atoms with Crippen LogP contribution in [0.2, 0.25) is 0 Å². The lowest BCUT2D eigenvalue weighted by molar-refractivity contribution is 0.382. The van der Waals surface area contributed by atoms with E-state index in [1.807, 2.05) is 13.0 Å². The van der Waals surface area contributed by atoms with E-state index in [9.17, 15) is 8.42 Å². The second-order valence-electron chi connectivity index (χ2n) is 4.41. The molecule has 0 fully saturated rings. The predicted molar refractivity (Wildman–Crippen MR) is 75.3 cm³/mol. The second-order valence-corrected chi connectivity index (χ2v) is 6.34. The maximum atomic E-state index is 11.7. The van der Waals surface area contributed by atoms with Gasteiger partial charge in [0, 0.05) is 24.0 Å². The number of unbranched alkanes of at least 4 members (excludes halogenated alkanes) is 1. The molecule has 7 heteroatoms. The van der Waals surface area contributed by atoms with Crippen molar-refractivity contribution in [3.63, 3.8) is 0 Å². The molecule has 20 heavy (non-hydrogen) atoms. The van der Waals surface area contributed by atoms with Crippen LogP contribution < -0.4 is 4.72 Å². The summed E-state index contributed by atoms with van der Waals surface area (Å²) >= 11 is 0. The third kappa shape index (κ3) is 4.14. The lowest BCUT2D eigenvalue weighted by Crippen LogP contribution is -2.25. The zero-order valence-electron chi connectivity index (χ0n) is 11.2. The van der Waals surface area contributed by atoms with Gasteiger partial charge < -0.3 is 4.52 Å². The van der Waals surface area contributed by atoms with Crippen molar-refractivity contribution in [3.05, 3.63) is 36.4 Å². The Kier molecular flexibility index (Phi) is 4.86. The highest BCUT2D eigenvalue weighted by Crippen LogP contribution is 2.17. The van der Waals surface area contributed by atoms with E-state index in [4.69, 9.17) is 4.52 Å². The fourth-order valence-corrected chi connectivity index (χ4v) is 2.81. The van der Waals surface area contributed by atoms with Crippen molar-refractivity contribution in [2.45, 2.75) is 26.3 Å². The van der Waals surface area contributed by atoms with Crippen molar-refractivity contribution in [3.8, 4) is 11.3 Å². The summed E-state index contributed by atoms with van der Waals surface area (Å²) in [5.41, 5.74) is 1.47. The van der Waals surface area contributed by atoms with Crippen LogP contribution in [0.5, 0.6) is 0 Å². The van der Waals surface area contributed by atoms with E-state index in [0.29, 0.717) is 17.9 Å². The number of pyridine rings is 1. The molecule has 0 aliphatic carbocycles. The lowest BCUT2D eigenvalue weighted by atomic mass is 10.2. The van der Waals surface area contributed by atoms with Gasteiger partial charge >= 0.3 is 0 Å². The molecule has 0 unspecified atom stereocenters. The minimum absolute atomic E-state index is 0.110. The van der Waals surface area contributed by atoms with Gasteiger partial charge in [-0.1, -0.05) is 18.5 Å². The van der Waals surface area contributed by atoms with Gasteiger partial charge in [0.1, 0.15) is 5.69 Å². The van der Waals surface area contributed by atoms with Gasteiger partial charge in [-0.3, -0.25) is 4.98 Å². The number of nitrogens with one attached hydrogen (secondary N) is 1. The van der Waals surface area contributed by atoms with Gasteiger partial charge in [0.2, 0.25) is 10.0 Å². The van der Waals surface area contributed by atoms with Crippen molar-refractivity contribution in [1.29, 1.82) is 0 Å². The number of hydrogen-bond donors (Lipinski definition) is 1. The molecule has 0 aliphatic rings. The third-order valence-corrected chi connectivity index (χ3v) is 4.16. The fraction of sp³-hybridized carbons (Fsp3) is 0.385. The van der Waals surface area contributed by atoms with E-state index >= 15 is 0 Å². The smallest absolute Gasteiger partial charge is 0.212 e. The van der Waals surface area contributed by atoms with Crippen molar-refractivity contribution in [2.75, 3.05) is 5.75 Å². The van der Waals surface area contributed by atoms with Gasteiger partial charge in [-0.05, 0) is 18.6 Å². The highest BCUT2D eigenvalue weighted by molar-refractivity contribution is 7.89. The molecule has 0 saturated heterocycles. The zero-order chi connectivity index (χ0) is 14.4. The maximum absolute atomic E-state index is 11.7. The SMILES string of the molecule is CCCCS(=O)(=O)NCc1cc(-c2cccnc2)no1. The Bertz CT molecular complexity index is 638. The Hall–Kier alpha value is -1.73. The van der Waals surface area contributed by atoms with Gasteiger partial charge in [0.05, 0.1) is 12.3 Å². The standard InChI is InChI=1S/C13H17N3O3S/c1-2-3-7-20(17,18)15-10-12-8-13(16-19-12)11-5-4-6-14-9-11/h4-6,8-9,15H,2-3,7,10H2,1H3. The Morgan fingerprint density at radius 2 is 2.25 bits per heavy atom. The molecule has 0 amide bonds. The molecule has 1 N–H and O–H groups in total. The number of hydrogen-bond acceptors (Lipinski definition) is 5. The number of nitrogens with zero attached hydrogens (tertiary/aromatic N) is 2. The van der Waals surface area contributed by atoms with Crippen LogP contribution in [0.15, 0.2) is 35.1 Å². The normalized spacial score (nSPS) is 11.7. The molecule has 0 aromatic carbocycles. The molecular formula is C13H17N3O3S. The number of rotatable bonds is 7. The third-order valence-electron chi connectivity index (χ3n) is 2.75. The van der Waals surface area contributed by atoms with Crippen LogP contribution in [0.4, 0.5) is 0 Å². The summed E-state index contributed by atoms with van der Waals surface area (Å²) in [5, 5.41) is 3.90. The molecule has 2 aromatic rings. The topological polar surface area (TPSA) is 85.1 Å². The summed E-state index contributed by atoms with van der Waals surface area (Å²) in [4.78, 5) is 4.00. The van der Waals surface area contributed by atoms with E-state index in [2.05, 4.69) is 14.9 Å². The summed E-state index contributed by atoms with van der Waals surface area (Å²) in [5.74, 6) is 0.608. The monoisotopic (exact) mass is 295 g/mol. The first kappa shape index (κ1) is 14.7. The van der Waals surface area contributed by atoms with Crippen molar-refractivity contribution < 1.29 is 12.9 Å². The average Bonchev–Trinajstić information content (AvgIpc) is 2.93. The minimum Gasteiger partial charge on any atom is -0.359 e. The van der Waals surface area contributed by atoms with E-state index < -0.39 is 10.0 Å².